The van der Waals surface area contributed by atoms with Crippen molar-refractivity contribution in [2.45, 2.75) is 23.1 Å². The van der Waals surface area contributed by atoms with Gasteiger partial charge in [0, 0.05) is 0 Å². The largest absolute Gasteiger partial charge is 0.449 e. The fourth-order valence-electron chi connectivity index (χ4n) is 1.88. The van der Waals surface area contributed by atoms with Crippen LogP contribution in [-0.2, 0) is 31.0 Å². The summed E-state index contributed by atoms with van der Waals surface area (Å²) >= 11 is 0. The van der Waals surface area contributed by atoms with Crippen LogP contribution in [-0.4, -0.2) is 35.3 Å². The van der Waals surface area contributed by atoms with Crippen molar-refractivity contribution in [2.75, 3.05) is 12.4 Å². The number of sulfonamides is 1. The summed E-state index contributed by atoms with van der Waals surface area (Å²) in [5.41, 5.74) is 0.583. The standard InChI is InChI=1S/C11H13NO6S2/c1-2-18-11(13)12-20(16,17)9-4-3-8-5-6-19(14,15)10(8)7-9/h3-4,7H,2,5-6H2,1H3,(H,12,13). The Balaban J connectivity index is 2.38. The van der Waals surface area contributed by atoms with Crippen LogP contribution < -0.4 is 4.72 Å². The highest BCUT2D eigenvalue weighted by atomic mass is 32.2. The van der Waals surface area contributed by atoms with Crippen molar-refractivity contribution >= 4 is 26.0 Å². The molecule has 0 radical (unpaired) electrons. The quantitative estimate of drug-likeness (QED) is 0.867. The van der Waals surface area contributed by atoms with Gasteiger partial charge in [-0.1, -0.05) is 6.07 Å². The number of aryl methyl sites for hydroxylation is 1. The molecule has 7 nitrogen and oxygen atoms in total. The molecule has 1 amide bonds. The van der Waals surface area contributed by atoms with E-state index in [9.17, 15) is 21.6 Å². The van der Waals surface area contributed by atoms with E-state index in [-0.39, 0.29) is 22.2 Å². The molecule has 0 fully saturated rings. The second-order valence-electron chi connectivity index (χ2n) is 4.16. The molecule has 1 aromatic carbocycles. The Kier molecular flexibility index (Phi) is 3.74. The van der Waals surface area contributed by atoms with Gasteiger partial charge in [0.1, 0.15) is 0 Å². The molecule has 0 unspecified atom stereocenters. The number of fused-ring (bicyclic) bond motifs is 1. The maximum Gasteiger partial charge on any atom is 0.421 e. The van der Waals surface area contributed by atoms with Crippen molar-refractivity contribution in [2.24, 2.45) is 0 Å². The van der Waals surface area contributed by atoms with Crippen LogP contribution in [0.4, 0.5) is 4.79 Å². The van der Waals surface area contributed by atoms with E-state index in [2.05, 4.69) is 4.74 Å². The molecule has 0 saturated carbocycles. The predicted molar refractivity (Wildman–Crippen MR) is 69.5 cm³/mol. The van der Waals surface area contributed by atoms with Crippen molar-refractivity contribution in [3.8, 4) is 0 Å². The van der Waals surface area contributed by atoms with E-state index in [4.69, 9.17) is 0 Å². The molecule has 1 N–H and O–H groups in total. The van der Waals surface area contributed by atoms with E-state index in [1.54, 1.807) is 4.72 Å². The highest BCUT2D eigenvalue weighted by Gasteiger charge is 2.29. The van der Waals surface area contributed by atoms with Crippen molar-refractivity contribution in [3.63, 3.8) is 0 Å². The Bertz CT molecular complexity index is 751. The molecule has 1 heterocycles. The Morgan fingerprint density at radius 3 is 2.75 bits per heavy atom. The molecular weight excluding hydrogens is 306 g/mol. The lowest BCUT2D eigenvalue weighted by atomic mass is 10.2. The van der Waals surface area contributed by atoms with Gasteiger partial charge in [0.2, 0.25) is 0 Å². The number of rotatable bonds is 3. The fourth-order valence-corrected chi connectivity index (χ4v) is 4.46. The summed E-state index contributed by atoms with van der Waals surface area (Å²) in [6.07, 6.45) is -0.737. The SMILES string of the molecule is CCOC(=O)NS(=O)(=O)c1ccc2c(c1)S(=O)(=O)CC2. The third kappa shape index (κ3) is 2.78. The van der Waals surface area contributed by atoms with Crippen LogP contribution in [0, 0.1) is 0 Å². The number of carbonyl (C=O) groups excluding carboxylic acids is 1. The molecule has 0 aliphatic carbocycles. The molecule has 1 aliphatic heterocycles. The van der Waals surface area contributed by atoms with Gasteiger partial charge in [-0.05, 0) is 31.0 Å². The van der Waals surface area contributed by atoms with Crippen LogP contribution in [0.5, 0.6) is 0 Å². The third-order valence-electron chi connectivity index (χ3n) is 2.82. The van der Waals surface area contributed by atoms with Crippen LogP contribution in [0.15, 0.2) is 28.0 Å². The zero-order chi connectivity index (χ0) is 15.0. The van der Waals surface area contributed by atoms with Crippen molar-refractivity contribution in [1.29, 1.82) is 0 Å². The normalized spacial score (nSPS) is 16.4. The molecule has 0 bridgehead atoms. The molecule has 0 saturated heterocycles. The van der Waals surface area contributed by atoms with Gasteiger partial charge in [-0.15, -0.1) is 0 Å². The number of amides is 1. The van der Waals surface area contributed by atoms with E-state index in [1.165, 1.54) is 19.1 Å². The van der Waals surface area contributed by atoms with Crippen LogP contribution in [0.25, 0.3) is 0 Å². The average molecular weight is 319 g/mol. The van der Waals surface area contributed by atoms with Crippen molar-refractivity contribution in [3.05, 3.63) is 23.8 Å². The Morgan fingerprint density at radius 1 is 1.40 bits per heavy atom. The minimum absolute atomic E-state index is 0.00392. The third-order valence-corrected chi connectivity index (χ3v) is 5.92. The summed E-state index contributed by atoms with van der Waals surface area (Å²) in [5.74, 6) is -0.0306. The number of benzene rings is 1. The van der Waals surface area contributed by atoms with E-state index < -0.39 is 26.0 Å². The lowest BCUT2D eigenvalue weighted by molar-refractivity contribution is 0.158. The summed E-state index contributed by atoms with van der Waals surface area (Å²) in [7, 11) is -7.58. The number of hydrogen-bond acceptors (Lipinski definition) is 6. The second kappa shape index (κ2) is 5.06. The van der Waals surface area contributed by atoms with E-state index >= 15 is 0 Å². The highest BCUT2D eigenvalue weighted by molar-refractivity contribution is 7.92. The maximum absolute atomic E-state index is 11.9. The van der Waals surface area contributed by atoms with Gasteiger partial charge in [0.15, 0.2) is 9.84 Å². The summed E-state index contributed by atoms with van der Waals surface area (Å²) in [6.45, 7) is 1.56. The molecule has 1 aromatic rings. The van der Waals surface area contributed by atoms with Gasteiger partial charge in [0.25, 0.3) is 10.0 Å². The first-order valence-electron chi connectivity index (χ1n) is 5.81. The minimum Gasteiger partial charge on any atom is -0.449 e. The summed E-state index contributed by atoms with van der Waals surface area (Å²) in [4.78, 5) is 10.9. The van der Waals surface area contributed by atoms with E-state index in [0.29, 0.717) is 12.0 Å². The van der Waals surface area contributed by atoms with Crippen LogP contribution in [0.3, 0.4) is 0 Å². The fraction of sp³-hybridized carbons (Fsp3) is 0.364. The Morgan fingerprint density at radius 2 is 2.10 bits per heavy atom. The summed E-state index contributed by atoms with van der Waals surface area (Å²) in [6, 6.07) is 3.78. The molecule has 0 spiro atoms. The van der Waals surface area contributed by atoms with Crippen LogP contribution in [0.1, 0.15) is 12.5 Å². The first-order chi connectivity index (χ1) is 9.26. The maximum atomic E-state index is 11.9. The predicted octanol–water partition coefficient (Wildman–Crippen LogP) is 0.451. The smallest absolute Gasteiger partial charge is 0.421 e. The minimum atomic E-state index is -4.14. The molecule has 0 atom stereocenters. The monoisotopic (exact) mass is 319 g/mol. The van der Waals surface area contributed by atoms with Gasteiger partial charge >= 0.3 is 6.09 Å². The number of ether oxygens (including phenoxy) is 1. The molecule has 1 aliphatic rings. The lowest BCUT2D eigenvalue weighted by Crippen LogP contribution is -2.31. The number of nitrogens with one attached hydrogen (secondary N) is 1. The van der Waals surface area contributed by atoms with E-state index in [0.717, 1.165) is 6.07 Å². The zero-order valence-electron chi connectivity index (χ0n) is 10.6. The van der Waals surface area contributed by atoms with Crippen molar-refractivity contribution < 1.29 is 26.4 Å². The van der Waals surface area contributed by atoms with Gasteiger partial charge in [0.05, 0.1) is 22.2 Å². The van der Waals surface area contributed by atoms with Gasteiger partial charge in [-0.3, -0.25) is 0 Å². The Hall–Kier alpha value is -1.61. The second-order valence-corrected chi connectivity index (χ2v) is 7.92. The van der Waals surface area contributed by atoms with Gasteiger partial charge < -0.3 is 4.74 Å². The zero-order valence-corrected chi connectivity index (χ0v) is 12.3. The van der Waals surface area contributed by atoms with Gasteiger partial charge in [-0.2, -0.15) is 0 Å². The molecule has 110 valence electrons. The average Bonchev–Trinajstić information content (AvgIpc) is 2.65. The molecule has 2 rings (SSSR count). The molecule has 9 heteroatoms. The van der Waals surface area contributed by atoms with E-state index in [1.807, 2.05) is 0 Å². The molecule has 20 heavy (non-hydrogen) atoms. The first-order valence-corrected chi connectivity index (χ1v) is 8.95. The highest BCUT2D eigenvalue weighted by Crippen LogP contribution is 2.28. The molecular formula is C11H13NO6S2. The first kappa shape index (κ1) is 14.8. The number of carbonyl (C=O) groups is 1. The molecule has 0 aromatic heterocycles. The van der Waals surface area contributed by atoms with Crippen LogP contribution in [0.2, 0.25) is 0 Å². The topological polar surface area (TPSA) is 107 Å². The van der Waals surface area contributed by atoms with Crippen molar-refractivity contribution in [1.82, 2.24) is 4.72 Å². The lowest BCUT2D eigenvalue weighted by Gasteiger charge is -2.08. The number of hydrogen-bond donors (Lipinski definition) is 1. The van der Waals surface area contributed by atoms with Gasteiger partial charge in [-0.25, -0.2) is 26.4 Å². The Labute approximate surface area is 116 Å². The van der Waals surface area contributed by atoms with Crippen LogP contribution >= 0.6 is 0 Å². The number of sulfone groups is 1. The summed E-state index contributed by atoms with van der Waals surface area (Å²) in [5, 5.41) is 0. The summed E-state index contributed by atoms with van der Waals surface area (Å²) < 4.78 is 53.5.